The normalized spacial score (nSPS) is 27.3. The Balaban J connectivity index is 2.14. The molecule has 1 saturated heterocycles. The molecule has 2 aliphatic rings. The molecule has 0 aromatic carbocycles. The summed E-state index contributed by atoms with van der Waals surface area (Å²) in [5, 5.41) is 18.6. The summed E-state index contributed by atoms with van der Waals surface area (Å²) in [6.07, 6.45) is 0.367. The topological polar surface area (TPSA) is 113 Å². The number of aliphatic hydroxyl groups is 1. The molecule has 0 saturated carbocycles. The van der Waals surface area contributed by atoms with Gasteiger partial charge in [-0.25, -0.2) is 4.79 Å². The third kappa shape index (κ3) is 3.26. The van der Waals surface area contributed by atoms with Crippen LogP contribution >= 0.6 is 11.8 Å². The lowest BCUT2D eigenvalue weighted by Crippen LogP contribution is -2.60. The van der Waals surface area contributed by atoms with Crippen LogP contribution in [0, 0.1) is 11.8 Å². The van der Waals surface area contributed by atoms with Crippen molar-refractivity contribution in [3.8, 4) is 0 Å². The number of hydrogen-bond donors (Lipinski definition) is 3. The Labute approximate surface area is 139 Å². The first-order chi connectivity index (χ1) is 10.7. The lowest BCUT2D eigenvalue weighted by atomic mass is 9.80. The molecule has 23 heavy (non-hydrogen) atoms. The maximum Gasteiger partial charge on any atom is 0.353 e. The van der Waals surface area contributed by atoms with Crippen molar-refractivity contribution in [2.45, 2.75) is 38.8 Å². The minimum Gasteiger partial charge on any atom is -0.477 e. The highest BCUT2D eigenvalue weighted by Gasteiger charge is 2.58. The Bertz CT molecular complexity index is 534. The Morgan fingerprint density at radius 1 is 1.48 bits per heavy atom. The smallest absolute Gasteiger partial charge is 0.353 e. The molecular weight excluding hydrogens is 320 g/mol. The molecular formula is C15H24N2O5S. The van der Waals surface area contributed by atoms with Crippen LogP contribution in [0.5, 0.6) is 0 Å². The van der Waals surface area contributed by atoms with Crippen molar-refractivity contribution in [3.05, 3.63) is 10.6 Å². The number of thioether (sulfide) groups is 1. The largest absolute Gasteiger partial charge is 0.477 e. The van der Waals surface area contributed by atoms with Crippen LogP contribution < -0.4 is 5.73 Å². The van der Waals surface area contributed by atoms with Gasteiger partial charge in [0.1, 0.15) is 5.70 Å². The van der Waals surface area contributed by atoms with E-state index in [-0.39, 0.29) is 42.0 Å². The van der Waals surface area contributed by atoms with E-state index in [0.717, 1.165) is 0 Å². The van der Waals surface area contributed by atoms with E-state index >= 15 is 0 Å². The number of fused-ring (bicyclic) bond motifs is 1. The van der Waals surface area contributed by atoms with Gasteiger partial charge >= 0.3 is 5.97 Å². The van der Waals surface area contributed by atoms with Gasteiger partial charge in [-0.05, 0) is 20.3 Å². The summed E-state index contributed by atoms with van der Waals surface area (Å²) >= 11 is 1.31. The number of carboxylic acids is 1. The van der Waals surface area contributed by atoms with Crippen LogP contribution in [0.4, 0.5) is 0 Å². The van der Waals surface area contributed by atoms with Crippen molar-refractivity contribution in [3.63, 3.8) is 0 Å². The molecule has 4 N–H and O–H groups in total. The summed E-state index contributed by atoms with van der Waals surface area (Å²) in [5.74, 6) is -1.42. The van der Waals surface area contributed by atoms with Gasteiger partial charge in [0.25, 0.3) is 0 Å². The first-order valence-corrected chi connectivity index (χ1v) is 8.62. The molecule has 0 radical (unpaired) electrons. The van der Waals surface area contributed by atoms with E-state index < -0.39 is 11.6 Å². The van der Waals surface area contributed by atoms with Crippen molar-refractivity contribution < 1.29 is 24.5 Å². The lowest BCUT2D eigenvalue weighted by molar-refractivity contribution is -0.157. The zero-order valence-corrected chi connectivity index (χ0v) is 14.4. The number of β-lactam (4-membered cyclic amide) rings is 1. The van der Waals surface area contributed by atoms with Gasteiger partial charge in [0.2, 0.25) is 5.91 Å². The van der Waals surface area contributed by atoms with Gasteiger partial charge in [-0.1, -0.05) is 18.7 Å². The lowest BCUT2D eigenvalue weighted by Gasteiger charge is -2.45. The number of rotatable bonds is 8. The molecule has 3 atom stereocenters. The van der Waals surface area contributed by atoms with E-state index in [9.17, 15) is 14.7 Å². The molecule has 7 nitrogen and oxygen atoms in total. The Hall–Kier alpha value is -1.09. The van der Waals surface area contributed by atoms with Crippen molar-refractivity contribution >= 4 is 23.6 Å². The van der Waals surface area contributed by atoms with Crippen LogP contribution in [0.1, 0.15) is 27.2 Å². The van der Waals surface area contributed by atoms with Gasteiger partial charge in [-0.2, -0.15) is 0 Å². The summed E-state index contributed by atoms with van der Waals surface area (Å²) in [4.78, 5) is 25.8. The molecule has 1 fully saturated rings. The number of nitrogens with zero attached hydrogens (tertiary/aromatic N) is 1. The zero-order valence-electron chi connectivity index (χ0n) is 13.6. The van der Waals surface area contributed by atoms with E-state index in [2.05, 4.69) is 0 Å². The third-order valence-corrected chi connectivity index (χ3v) is 5.58. The summed E-state index contributed by atoms with van der Waals surface area (Å²) in [6, 6.07) is -0.175. The zero-order chi connectivity index (χ0) is 17.4. The van der Waals surface area contributed by atoms with Crippen LogP contribution in [-0.2, 0) is 14.3 Å². The number of aliphatic carboxylic acids is 1. The quantitative estimate of drug-likeness (QED) is 0.436. The summed E-state index contributed by atoms with van der Waals surface area (Å²) in [7, 11) is 0. The molecule has 0 aromatic rings. The van der Waals surface area contributed by atoms with Gasteiger partial charge in [0.05, 0.1) is 23.5 Å². The van der Waals surface area contributed by atoms with Gasteiger partial charge in [0, 0.05) is 24.0 Å². The molecule has 130 valence electrons. The van der Waals surface area contributed by atoms with Crippen molar-refractivity contribution in [1.82, 2.24) is 4.90 Å². The molecule has 1 amide bonds. The summed E-state index contributed by atoms with van der Waals surface area (Å²) in [5.41, 5.74) is 5.19. The maximum absolute atomic E-state index is 12.2. The average Bonchev–Trinajstić information content (AvgIpc) is 2.75. The monoisotopic (exact) mass is 344 g/mol. The van der Waals surface area contributed by atoms with E-state index in [1.165, 1.54) is 16.7 Å². The third-order valence-electron chi connectivity index (χ3n) is 4.46. The summed E-state index contributed by atoms with van der Waals surface area (Å²) in [6.45, 7) is 5.94. The molecule has 0 bridgehead atoms. The molecule has 0 unspecified atom stereocenters. The number of nitrogens with two attached hydrogens (primary N) is 1. The number of aliphatic hydroxyl groups excluding tert-OH is 1. The van der Waals surface area contributed by atoms with Crippen molar-refractivity contribution in [2.24, 2.45) is 17.6 Å². The fourth-order valence-electron chi connectivity index (χ4n) is 3.04. The van der Waals surface area contributed by atoms with Gasteiger partial charge in [-0.3, -0.25) is 4.79 Å². The Morgan fingerprint density at radius 3 is 2.65 bits per heavy atom. The fraction of sp³-hybridized carbons (Fsp3) is 0.733. The minimum atomic E-state index is -1.10. The van der Waals surface area contributed by atoms with Crippen LogP contribution in [0.15, 0.2) is 10.6 Å². The molecule has 8 heteroatoms. The molecule has 2 heterocycles. The van der Waals surface area contributed by atoms with Gasteiger partial charge < -0.3 is 25.6 Å². The Kier molecular flexibility index (Phi) is 5.40. The van der Waals surface area contributed by atoms with Crippen LogP contribution in [-0.4, -0.2) is 57.7 Å². The van der Waals surface area contributed by atoms with E-state index in [0.29, 0.717) is 17.9 Å². The fourth-order valence-corrected chi connectivity index (χ4v) is 4.27. The SMILES string of the molecule is C[C@H]1C(SCOC(C)(C)CN)=C(C(=O)O)N2C(=O)[C@@H](CCO)[C@@H]12. The van der Waals surface area contributed by atoms with Crippen LogP contribution in [0.25, 0.3) is 0 Å². The highest BCUT2D eigenvalue weighted by atomic mass is 32.2. The van der Waals surface area contributed by atoms with Crippen LogP contribution in [0.3, 0.4) is 0 Å². The molecule has 2 rings (SSSR count). The molecule has 0 spiro atoms. The average molecular weight is 344 g/mol. The van der Waals surface area contributed by atoms with Gasteiger partial charge in [-0.15, -0.1) is 0 Å². The first-order valence-electron chi connectivity index (χ1n) is 7.63. The molecule has 0 aromatic heterocycles. The van der Waals surface area contributed by atoms with Crippen molar-refractivity contribution in [1.29, 1.82) is 0 Å². The second-order valence-electron chi connectivity index (χ2n) is 6.49. The molecule has 2 aliphatic heterocycles. The number of hydrogen-bond acceptors (Lipinski definition) is 6. The second kappa shape index (κ2) is 6.80. The predicted octanol–water partition coefficient (Wildman–Crippen LogP) is 0.586. The summed E-state index contributed by atoms with van der Waals surface area (Å²) < 4.78 is 5.68. The second-order valence-corrected chi connectivity index (χ2v) is 7.46. The highest BCUT2D eigenvalue weighted by Crippen LogP contribution is 2.50. The minimum absolute atomic E-state index is 0.0563. The van der Waals surface area contributed by atoms with Crippen LogP contribution in [0.2, 0.25) is 0 Å². The number of amides is 1. The van der Waals surface area contributed by atoms with Crippen molar-refractivity contribution in [2.75, 3.05) is 19.1 Å². The number of ether oxygens (including phenoxy) is 1. The van der Waals surface area contributed by atoms with E-state index in [1.807, 2.05) is 20.8 Å². The van der Waals surface area contributed by atoms with Gasteiger partial charge in [0.15, 0.2) is 0 Å². The first kappa shape index (κ1) is 18.3. The number of carbonyl (C=O) groups is 2. The molecule has 0 aliphatic carbocycles. The number of carboxylic acid groups (broad SMARTS) is 1. The Morgan fingerprint density at radius 2 is 2.13 bits per heavy atom. The standard InChI is InChI=1S/C15H24N2O5S/c1-8-10-9(4-5-18)13(19)17(10)11(14(20)21)12(8)23-7-22-15(2,3)6-16/h8-10,18H,4-7,16H2,1-3H3,(H,20,21)/t8-,9+,10-/m1/s1. The maximum atomic E-state index is 12.2. The highest BCUT2D eigenvalue weighted by molar-refractivity contribution is 8.03. The predicted molar refractivity (Wildman–Crippen MR) is 86.3 cm³/mol. The number of carbonyl (C=O) groups excluding carboxylic acids is 1. The van der Waals surface area contributed by atoms with E-state index in [4.69, 9.17) is 15.6 Å². The van der Waals surface area contributed by atoms with E-state index in [1.54, 1.807) is 0 Å².